The molecule has 0 spiro atoms. The molecule has 3 aromatic rings. The molecule has 94 valence electrons. The largest absolute Gasteiger partial charge is 0.507 e. The van der Waals surface area contributed by atoms with Gasteiger partial charge in [-0.25, -0.2) is 0 Å². The van der Waals surface area contributed by atoms with Crippen LogP contribution in [-0.4, -0.2) is 15.1 Å². The molecule has 1 aromatic heterocycles. The first-order valence-corrected chi connectivity index (χ1v) is 6.27. The number of H-pyrrole nitrogens is 1. The van der Waals surface area contributed by atoms with Gasteiger partial charge in [0.2, 0.25) is 0 Å². The fraction of sp³-hybridized carbons (Fsp3) is 0. The van der Waals surface area contributed by atoms with Crippen LogP contribution in [0.2, 0.25) is 0 Å². The summed E-state index contributed by atoms with van der Waals surface area (Å²) in [6.07, 6.45) is 1.88. The average molecular weight is 268 g/mol. The lowest BCUT2D eigenvalue weighted by atomic mass is 9.99. The first kappa shape index (κ1) is 11.7. The van der Waals surface area contributed by atoms with Crippen LogP contribution in [0.5, 0.6) is 5.75 Å². The second-order valence-electron chi connectivity index (χ2n) is 4.34. The van der Waals surface area contributed by atoms with E-state index in [0.29, 0.717) is 4.99 Å². The third kappa shape index (κ3) is 1.96. The van der Waals surface area contributed by atoms with Crippen molar-refractivity contribution in [2.24, 2.45) is 5.73 Å². The Kier molecular flexibility index (Phi) is 2.72. The first-order chi connectivity index (χ1) is 9.16. The van der Waals surface area contributed by atoms with Gasteiger partial charge in [-0.3, -0.25) is 0 Å². The van der Waals surface area contributed by atoms with Gasteiger partial charge in [0.1, 0.15) is 10.7 Å². The lowest BCUT2D eigenvalue weighted by molar-refractivity contribution is 0.477. The smallest absolute Gasteiger partial charge is 0.123 e. The first-order valence-electron chi connectivity index (χ1n) is 5.86. The number of rotatable bonds is 2. The molecule has 0 radical (unpaired) electrons. The van der Waals surface area contributed by atoms with Crippen LogP contribution >= 0.6 is 12.2 Å². The van der Waals surface area contributed by atoms with Crippen molar-refractivity contribution < 1.29 is 5.11 Å². The van der Waals surface area contributed by atoms with E-state index >= 15 is 0 Å². The number of aromatic amines is 1. The molecule has 0 aliphatic rings. The van der Waals surface area contributed by atoms with Gasteiger partial charge in [0.25, 0.3) is 0 Å². The van der Waals surface area contributed by atoms with E-state index in [1.54, 1.807) is 12.1 Å². The highest BCUT2D eigenvalue weighted by atomic mass is 32.1. The molecule has 4 heteroatoms. The summed E-state index contributed by atoms with van der Waals surface area (Å²) in [4.78, 5) is 3.48. The number of aromatic hydroxyl groups is 1. The number of fused-ring (bicyclic) bond motifs is 1. The number of benzene rings is 2. The zero-order valence-corrected chi connectivity index (χ0v) is 10.9. The molecule has 0 saturated heterocycles. The third-order valence-electron chi connectivity index (χ3n) is 3.17. The molecule has 3 nitrogen and oxygen atoms in total. The van der Waals surface area contributed by atoms with E-state index in [-0.39, 0.29) is 5.75 Å². The quantitative estimate of drug-likeness (QED) is 0.626. The summed E-state index contributed by atoms with van der Waals surface area (Å²) >= 11 is 4.98. The molecule has 0 saturated carbocycles. The Morgan fingerprint density at radius 3 is 2.74 bits per heavy atom. The molecular weight excluding hydrogens is 256 g/mol. The monoisotopic (exact) mass is 268 g/mol. The van der Waals surface area contributed by atoms with Gasteiger partial charge < -0.3 is 15.8 Å². The minimum atomic E-state index is 0.216. The van der Waals surface area contributed by atoms with Crippen molar-refractivity contribution in [2.75, 3.05) is 0 Å². The Balaban J connectivity index is 2.29. The SMILES string of the molecule is NC(=S)c1ccc(O)c(-c2cccc3[nH]ccc23)c1. The Morgan fingerprint density at radius 1 is 1.11 bits per heavy atom. The van der Waals surface area contributed by atoms with E-state index in [4.69, 9.17) is 18.0 Å². The highest BCUT2D eigenvalue weighted by Gasteiger charge is 2.10. The van der Waals surface area contributed by atoms with Gasteiger partial charge in [-0.1, -0.05) is 24.4 Å². The maximum Gasteiger partial charge on any atom is 0.123 e. The van der Waals surface area contributed by atoms with Crippen LogP contribution in [0.15, 0.2) is 48.7 Å². The van der Waals surface area contributed by atoms with E-state index in [1.807, 2.05) is 36.5 Å². The van der Waals surface area contributed by atoms with Crippen LogP contribution in [0.25, 0.3) is 22.0 Å². The van der Waals surface area contributed by atoms with E-state index in [1.165, 1.54) is 0 Å². The number of nitrogens with two attached hydrogens (primary N) is 1. The molecular formula is C15H12N2OS. The number of aromatic nitrogens is 1. The minimum absolute atomic E-state index is 0.216. The van der Waals surface area contributed by atoms with Crippen LogP contribution in [0.1, 0.15) is 5.56 Å². The molecule has 0 aliphatic carbocycles. The van der Waals surface area contributed by atoms with E-state index in [2.05, 4.69) is 4.98 Å². The van der Waals surface area contributed by atoms with Crippen molar-refractivity contribution in [2.45, 2.75) is 0 Å². The fourth-order valence-corrected chi connectivity index (χ4v) is 2.35. The summed E-state index contributed by atoms with van der Waals surface area (Å²) in [6.45, 7) is 0. The molecule has 3 rings (SSSR count). The number of nitrogens with one attached hydrogen (secondary N) is 1. The summed E-state index contributed by atoms with van der Waals surface area (Å²) in [5.41, 5.74) is 9.10. The Bertz CT molecular complexity index is 777. The molecule has 0 fully saturated rings. The zero-order chi connectivity index (χ0) is 13.4. The molecule has 2 aromatic carbocycles. The number of phenolic OH excluding ortho intramolecular Hbond substituents is 1. The summed E-state index contributed by atoms with van der Waals surface area (Å²) in [7, 11) is 0. The second-order valence-corrected chi connectivity index (χ2v) is 4.78. The van der Waals surface area contributed by atoms with Crippen molar-refractivity contribution >= 4 is 28.1 Å². The summed E-state index contributed by atoms with van der Waals surface area (Å²) < 4.78 is 0. The lowest BCUT2D eigenvalue weighted by Gasteiger charge is -2.08. The van der Waals surface area contributed by atoms with Gasteiger partial charge in [0.05, 0.1) is 0 Å². The maximum atomic E-state index is 10.1. The summed E-state index contributed by atoms with van der Waals surface area (Å²) in [6, 6.07) is 13.0. The Morgan fingerprint density at radius 2 is 1.95 bits per heavy atom. The van der Waals surface area contributed by atoms with Crippen LogP contribution in [0, 0.1) is 0 Å². The predicted molar refractivity (Wildman–Crippen MR) is 81.3 cm³/mol. The van der Waals surface area contributed by atoms with Crippen LogP contribution in [0.3, 0.4) is 0 Å². The molecule has 4 N–H and O–H groups in total. The predicted octanol–water partition coefficient (Wildman–Crippen LogP) is 3.17. The van der Waals surface area contributed by atoms with Crippen molar-refractivity contribution in [3.8, 4) is 16.9 Å². The molecule has 1 heterocycles. The number of thiocarbonyl (C=S) groups is 1. The maximum absolute atomic E-state index is 10.1. The summed E-state index contributed by atoms with van der Waals surface area (Å²) in [5.74, 6) is 0.216. The molecule has 0 atom stereocenters. The molecule has 0 amide bonds. The molecule has 0 bridgehead atoms. The van der Waals surface area contributed by atoms with Gasteiger partial charge in [-0.15, -0.1) is 0 Å². The normalized spacial score (nSPS) is 10.7. The van der Waals surface area contributed by atoms with Gasteiger partial charge in [0, 0.05) is 28.2 Å². The highest BCUT2D eigenvalue weighted by molar-refractivity contribution is 7.80. The molecule has 19 heavy (non-hydrogen) atoms. The Hall–Kier alpha value is -2.33. The number of phenols is 1. The third-order valence-corrected chi connectivity index (χ3v) is 3.40. The van der Waals surface area contributed by atoms with Crippen LogP contribution < -0.4 is 5.73 Å². The van der Waals surface area contributed by atoms with Crippen LogP contribution in [-0.2, 0) is 0 Å². The van der Waals surface area contributed by atoms with E-state index < -0.39 is 0 Å². The second kappa shape index (κ2) is 4.40. The van der Waals surface area contributed by atoms with E-state index in [9.17, 15) is 5.11 Å². The molecule has 0 aliphatic heterocycles. The van der Waals surface area contributed by atoms with Gasteiger partial charge in [-0.05, 0) is 35.9 Å². The van der Waals surface area contributed by atoms with E-state index in [0.717, 1.165) is 27.6 Å². The van der Waals surface area contributed by atoms with Crippen molar-refractivity contribution in [1.82, 2.24) is 4.98 Å². The van der Waals surface area contributed by atoms with Gasteiger partial charge >= 0.3 is 0 Å². The van der Waals surface area contributed by atoms with Crippen molar-refractivity contribution in [3.63, 3.8) is 0 Å². The number of hydrogen-bond donors (Lipinski definition) is 3. The minimum Gasteiger partial charge on any atom is -0.507 e. The highest BCUT2D eigenvalue weighted by Crippen LogP contribution is 2.34. The van der Waals surface area contributed by atoms with Gasteiger partial charge in [-0.2, -0.15) is 0 Å². The fourth-order valence-electron chi connectivity index (χ4n) is 2.23. The van der Waals surface area contributed by atoms with Crippen molar-refractivity contribution in [3.05, 3.63) is 54.2 Å². The zero-order valence-electron chi connectivity index (χ0n) is 10.1. The topological polar surface area (TPSA) is 62.0 Å². The Labute approximate surface area is 115 Å². The molecule has 0 unspecified atom stereocenters. The standard InChI is InChI=1S/C15H12N2OS/c16-15(19)9-4-5-14(18)12(8-9)10-2-1-3-13-11(10)6-7-17-13/h1-8,17-18H,(H2,16,19). The van der Waals surface area contributed by atoms with Crippen LogP contribution in [0.4, 0.5) is 0 Å². The average Bonchev–Trinajstić information content (AvgIpc) is 2.87. The van der Waals surface area contributed by atoms with Gasteiger partial charge in [0.15, 0.2) is 0 Å². The lowest BCUT2D eigenvalue weighted by Crippen LogP contribution is -2.09. The summed E-state index contributed by atoms with van der Waals surface area (Å²) in [5, 5.41) is 11.1. The van der Waals surface area contributed by atoms with Crippen molar-refractivity contribution in [1.29, 1.82) is 0 Å². The number of hydrogen-bond acceptors (Lipinski definition) is 2.